The summed E-state index contributed by atoms with van der Waals surface area (Å²) in [7, 11) is -3.87. The van der Waals surface area contributed by atoms with E-state index in [4.69, 9.17) is 0 Å². The first-order valence-corrected chi connectivity index (χ1v) is 10.2. The molecule has 0 heterocycles. The molecule has 0 fully saturated rings. The van der Waals surface area contributed by atoms with E-state index in [0.717, 1.165) is 23.3 Å². The Balaban J connectivity index is 2.13. The lowest BCUT2D eigenvalue weighted by atomic mass is 9.98. The van der Waals surface area contributed by atoms with Crippen molar-refractivity contribution in [3.05, 3.63) is 89.0 Å². The molecule has 4 nitrogen and oxygen atoms in total. The van der Waals surface area contributed by atoms with E-state index in [1.165, 1.54) is 5.57 Å². The molecule has 0 aliphatic heterocycles. The number of sulfonamides is 1. The first kappa shape index (κ1) is 19.0. The maximum absolute atomic E-state index is 12.8. The van der Waals surface area contributed by atoms with Gasteiger partial charge in [-0.1, -0.05) is 59.7 Å². The summed E-state index contributed by atoms with van der Waals surface area (Å²) >= 11 is 0. The molecule has 5 heteroatoms. The quantitative estimate of drug-likeness (QED) is 0.565. The highest BCUT2D eigenvalue weighted by atomic mass is 32.2. The molecule has 2 aromatic carbocycles. The van der Waals surface area contributed by atoms with Gasteiger partial charge in [0.15, 0.2) is 5.84 Å². The minimum Gasteiger partial charge on any atom is -0.228 e. The normalized spacial score (nSPS) is 16.9. The molecule has 0 radical (unpaired) electrons. The van der Waals surface area contributed by atoms with Gasteiger partial charge < -0.3 is 0 Å². The Morgan fingerprint density at radius 3 is 2.26 bits per heavy atom. The second-order valence-corrected chi connectivity index (χ2v) is 8.18. The summed E-state index contributed by atoms with van der Waals surface area (Å²) < 4.78 is 29.7. The molecule has 0 atom stereocenters. The van der Waals surface area contributed by atoms with Crippen LogP contribution >= 0.6 is 0 Å². The van der Waals surface area contributed by atoms with Gasteiger partial charge in [0.1, 0.15) is 0 Å². The van der Waals surface area contributed by atoms with E-state index < -0.39 is 10.0 Å². The van der Waals surface area contributed by atoms with Gasteiger partial charge in [-0.25, -0.2) is 4.99 Å². The fourth-order valence-corrected chi connectivity index (χ4v) is 3.64. The highest BCUT2D eigenvalue weighted by molar-refractivity contribution is 7.90. The van der Waals surface area contributed by atoms with Crippen LogP contribution in [-0.2, 0) is 10.0 Å². The van der Waals surface area contributed by atoms with Crippen LogP contribution < -0.4 is 0 Å². The van der Waals surface area contributed by atoms with E-state index in [-0.39, 0.29) is 10.7 Å². The predicted octanol–water partition coefficient (Wildman–Crippen LogP) is 4.87. The summed E-state index contributed by atoms with van der Waals surface area (Å²) in [5.41, 5.74) is 4.65. The van der Waals surface area contributed by atoms with E-state index in [0.29, 0.717) is 5.56 Å². The van der Waals surface area contributed by atoms with Crippen molar-refractivity contribution >= 4 is 21.6 Å². The average molecular weight is 378 g/mol. The third-order valence-corrected chi connectivity index (χ3v) is 5.79. The van der Waals surface area contributed by atoms with Crippen molar-refractivity contribution < 1.29 is 8.42 Å². The smallest absolute Gasteiger partial charge is 0.228 e. The van der Waals surface area contributed by atoms with Crippen molar-refractivity contribution in [1.82, 2.24) is 0 Å². The number of hydrogen-bond donors (Lipinski definition) is 0. The zero-order valence-electron chi connectivity index (χ0n) is 15.7. The first-order chi connectivity index (χ1) is 12.9. The van der Waals surface area contributed by atoms with E-state index >= 15 is 0 Å². The van der Waals surface area contributed by atoms with Crippen molar-refractivity contribution in [2.24, 2.45) is 9.39 Å². The van der Waals surface area contributed by atoms with Crippen molar-refractivity contribution in [1.29, 1.82) is 0 Å². The van der Waals surface area contributed by atoms with Crippen LogP contribution in [0, 0.1) is 6.92 Å². The summed E-state index contributed by atoms with van der Waals surface area (Å²) in [5, 5.41) is 0. The lowest BCUT2D eigenvalue weighted by Gasteiger charge is -2.12. The van der Waals surface area contributed by atoms with Crippen LogP contribution in [0.1, 0.15) is 31.4 Å². The molecule has 0 saturated carbocycles. The summed E-state index contributed by atoms with van der Waals surface area (Å²) in [6.45, 7) is 5.96. The number of benzene rings is 2. The molecule has 0 aromatic heterocycles. The molecule has 138 valence electrons. The molecule has 0 bridgehead atoms. The van der Waals surface area contributed by atoms with Gasteiger partial charge in [-0.3, -0.25) is 0 Å². The Morgan fingerprint density at radius 2 is 1.59 bits per heavy atom. The zero-order valence-corrected chi connectivity index (χ0v) is 16.5. The van der Waals surface area contributed by atoms with Crippen LogP contribution in [0.3, 0.4) is 0 Å². The number of hydrogen-bond acceptors (Lipinski definition) is 2. The Morgan fingerprint density at radius 1 is 0.926 bits per heavy atom. The fraction of sp³-hybridized carbons (Fsp3) is 0.182. The summed E-state index contributed by atoms with van der Waals surface area (Å²) in [6, 6.07) is 15.8. The second-order valence-electron chi connectivity index (χ2n) is 6.58. The van der Waals surface area contributed by atoms with Crippen LogP contribution in [-0.4, -0.2) is 20.0 Å². The Labute approximate surface area is 160 Å². The maximum atomic E-state index is 12.8. The SMILES string of the molecule is CC1=C(C)C(=NC(=NS(=O)(=O)c2ccc(C)cc2)c2ccccc2)C=CC1. The van der Waals surface area contributed by atoms with E-state index in [2.05, 4.69) is 16.3 Å². The van der Waals surface area contributed by atoms with Crippen molar-refractivity contribution in [3.63, 3.8) is 0 Å². The number of aryl methyl sites for hydroxylation is 1. The summed E-state index contributed by atoms with van der Waals surface area (Å²) in [4.78, 5) is 4.77. The van der Waals surface area contributed by atoms with Gasteiger partial charge in [0, 0.05) is 5.56 Å². The van der Waals surface area contributed by atoms with Gasteiger partial charge in [-0.15, -0.1) is 4.40 Å². The standard InChI is InChI=1S/C22H22N2O2S/c1-16-12-14-20(15-13-16)27(25,26)24-22(19-9-5-4-6-10-19)23-21-11-7-8-17(2)18(21)3/h4-7,9-15H,8H2,1-3H3. The van der Waals surface area contributed by atoms with Crippen molar-refractivity contribution in [2.75, 3.05) is 0 Å². The molecule has 1 aliphatic carbocycles. The second kappa shape index (κ2) is 7.84. The van der Waals surface area contributed by atoms with E-state index in [9.17, 15) is 8.42 Å². The monoisotopic (exact) mass is 378 g/mol. The third-order valence-electron chi connectivity index (χ3n) is 4.51. The van der Waals surface area contributed by atoms with Crippen LogP contribution in [0.2, 0.25) is 0 Å². The van der Waals surface area contributed by atoms with Crippen LogP contribution in [0.25, 0.3) is 0 Å². The third kappa shape index (κ3) is 4.49. The summed E-state index contributed by atoms with van der Waals surface area (Å²) in [6.07, 6.45) is 4.82. The molecule has 2 aromatic rings. The van der Waals surface area contributed by atoms with Crippen molar-refractivity contribution in [3.8, 4) is 0 Å². The first-order valence-electron chi connectivity index (χ1n) is 8.76. The number of allylic oxidation sites excluding steroid dienone is 4. The lowest BCUT2D eigenvalue weighted by molar-refractivity contribution is 0.598. The number of rotatable bonds is 3. The molecule has 0 amide bonds. The van der Waals surface area contributed by atoms with Crippen molar-refractivity contribution in [2.45, 2.75) is 32.1 Å². The minimum atomic E-state index is -3.87. The van der Waals surface area contributed by atoms with Crippen LogP contribution in [0.15, 0.2) is 92.2 Å². The Kier molecular flexibility index (Phi) is 5.51. The van der Waals surface area contributed by atoms with Gasteiger partial charge in [0.05, 0.1) is 10.6 Å². The van der Waals surface area contributed by atoms with E-state index in [1.54, 1.807) is 24.3 Å². The van der Waals surface area contributed by atoms with Gasteiger partial charge >= 0.3 is 0 Å². The topological polar surface area (TPSA) is 58.9 Å². The predicted molar refractivity (Wildman–Crippen MR) is 111 cm³/mol. The van der Waals surface area contributed by atoms with Crippen LogP contribution in [0.4, 0.5) is 0 Å². The molecule has 0 spiro atoms. The van der Waals surface area contributed by atoms with Gasteiger partial charge in [-0.05, 0) is 51.0 Å². The fourth-order valence-electron chi connectivity index (χ4n) is 2.68. The van der Waals surface area contributed by atoms with Gasteiger partial charge in [0.2, 0.25) is 0 Å². The lowest BCUT2D eigenvalue weighted by Crippen LogP contribution is -2.10. The minimum absolute atomic E-state index is 0.157. The molecular weight excluding hydrogens is 356 g/mol. The number of aliphatic imine (C=N–C) groups is 1. The zero-order chi connectivity index (χ0) is 19.4. The maximum Gasteiger partial charge on any atom is 0.284 e. The number of nitrogens with zero attached hydrogens (tertiary/aromatic N) is 2. The van der Waals surface area contributed by atoms with E-state index in [1.807, 2.05) is 56.3 Å². The Bertz CT molecular complexity index is 1060. The summed E-state index contributed by atoms with van der Waals surface area (Å²) in [5.74, 6) is 0.185. The van der Waals surface area contributed by atoms with Crippen LogP contribution in [0.5, 0.6) is 0 Å². The highest BCUT2D eigenvalue weighted by Crippen LogP contribution is 2.19. The number of amidine groups is 1. The Hall–Kier alpha value is -2.79. The molecular formula is C22H22N2O2S. The molecule has 0 unspecified atom stereocenters. The molecule has 27 heavy (non-hydrogen) atoms. The van der Waals surface area contributed by atoms with Gasteiger partial charge in [-0.2, -0.15) is 8.42 Å². The molecule has 1 aliphatic rings. The molecule has 0 saturated heterocycles. The highest BCUT2D eigenvalue weighted by Gasteiger charge is 2.16. The molecule has 0 N–H and O–H groups in total. The van der Waals surface area contributed by atoms with Gasteiger partial charge in [0.25, 0.3) is 10.0 Å². The molecule has 3 rings (SSSR count). The largest absolute Gasteiger partial charge is 0.284 e. The average Bonchev–Trinajstić information content (AvgIpc) is 2.66.